The number of halogens is 1. The van der Waals surface area contributed by atoms with E-state index in [9.17, 15) is 18.8 Å². The van der Waals surface area contributed by atoms with E-state index in [1.165, 1.54) is 12.1 Å². The SMILES string of the molecule is O=C(CN1C(=O)c2ccccc2C1=O)N1CCN(Cc2nc(-c3ccc(F)cc3)cs2)CC1. The number of aromatic nitrogens is 1. The molecule has 1 fully saturated rings. The van der Waals surface area contributed by atoms with E-state index in [-0.39, 0.29) is 18.3 Å². The molecule has 1 aromatic heterocycles. The number of fused-ring (bicyclic) bond motifs is 1. The fourth-order valence-electron chi connectivity index (χ4n) is 4.10. The number of thiazole rings is 1. The van der Waals surface area contributed by atoms with Crippen molar-refractivity contribution in [3.63, 3.8) is 0 Å². The number of benzene rings is 2. The molecule has 3 amide bonds. The summed E-state index contributed by atoms with van der Waals surface area (Å²) in [5.41, 5.74) is 2.40. The molecule has 2 aliphatic rings. The molecule has 0 radical (unpaired) electrons. The lowest BCUT2D eigenvalue weighted by Crippen LogP contribution is -2.51. The first-order valence-corrected chi connectivity index (χ1v) is 11.5. The van der Waals surface area contributed by atoms with Crippen molar-refractivity contribution in [2.24, 2.45) is 0 Å². The largest absolute Gasteiger partial charge is 0.339 e. The topological polar surface area (TPSA) is 73.8 Å². The van der Waals surface area contributed by atoms with Crippen molar-refractivity contribution in [2.45, 2.75) is 6.54 Å². The molecule has 0 atom stereocenters. The van der Waals surface area contributed by atoms with Gasteiger partial charge in [-0.25, -0.2) is 9.37 Å². The normalized spacial score (nSPS) is 16.4. The standard InChI is InChI=1S/C24H21FN4O3S/c25-17-7-5-16(6-8-17)20-15-33-21(26-20)13-27-9-11-28(12-10-27)22(30)14-29-23(31)18-3-1-2-4-19(18)24(29)32/h1-8,15H,9-14H2. The van der Waals surface area contributed by atoms with Crippen LogP contribution in [0.25, 0.3) is 11.3 Å². The van der Waals surface area contributed by atoms with Gasteiger partial charge in [0, 0.05) is 37.1 Å². The summed E-state index contributed by atoms with van der Waals surface area (Å²) in [5, 5.41) is 2.92. The number of amides is 3. The monoisotopic (exact) mass is 464 g/mol. The number of imide groups is 1. The summed E-state index contributed by atoms with van der Waals surface area (Å²) < 4.78 is 13.1. The van der Waals surface area contributed by atoms with Crippen LogP contribution in [0.5, 0.6) is 0 Å². The van der Waals surface area contributed by atoms with Crippen LogP contribution in [0.3, 0.4) is 0 Å². The summed E-state index contributed by atoms with van der Waals surface area (Å²) >= 11 is 1.56. The third-order valence-corrected chi connectivity index (χ3v) is 6.78. The van der Waals surface area contributed by atoms with Crippen LogP contribution in [0.2, 0.25) is 0 Å². The van der Waals surface area contributed by atoms with Crippen molar-refractivity contribution in [3.8, 4) is 11.3 Å². The first kappa shape index (κ1) is 21.4. The number of carbonyl (C=O) groups excluding carboxylic acids is 3. The second-order valence-corrected chi connectivity index (χ2v) is 8.98. The molecule has 2 aromatic carbocycles. The van der Waals surface area contributed by atoms with Crippen LogP contribution in [0.4, 0.5) is 4.39 Å². The highest BCUT2D eigenvalue weighted by Crippen LogP contribution is 2.24. The number of carbonyl (C=O) groups is 3. The fourth-order valence-corrected chi connectivity index (χ4v) is 4.95. The van der Waals surface area contributed by atoms with E-state index < -0.39 is 11.8 Å². The highest BCUT2D eigenvalue weighted by Gasteiger charge is 2.37. The van der Waals surface area contributed by atoms with Crippen molar-refractivity contribution in [1.29, 1.82) is 0 Å². The minimum absolute atomic E-state index is 0.225. The first-order chi connectivity index (χ1) is 16.0. The second-order valence-electron chi connectivity index (χ2n) is 8.03. The summed E-state index contributed by atoms with van der Waals surface area (Å²) in [6.07, 6.45) is 0. The van der Waals surface area contributed by atoms with Crippen molar-refractivity contribution in [3.05, 3.63) is 75.9 Å². The number of nitrogens with zero attached hydrogens (tertiary/aromatic N) is 4. The number of piperazine rings is 1. The lowest BCUT2D eigenvalue weighted by molar-refractivity contribution is -0.133. The van der Waals surface area contributed by atoms with Gasteiger partial charge in [0.25, 0.3) is 11.8 Å². The molecule has 9 heteroatoms. The van der Waals surface area contributed by atoms with Gasteiger partial charge in [-0.05, 0) is 36.4 Å². The molecule has 33 heavy (non-hydrogen) atoms. The van der Waals surface area contributed by atoms with Crippen molar-refractivity contribution in [2.75, 3.05) is 32.7 Å². The Bertz CT molecular complexity index is 1180. The second kappa shape index (κ2) is 8.84. The Labute approximate surface area is 194 Å². The molecular weight excluding hydrogens is 443 g/mol. The first-order valence-electron chi connectivity index (χ1n) is 10.7. The van der Waals surface area contributed by atoms with Crippen LogP contribution in [0.1, 0.15) is 25.7 Å². The Hall–Kier alpha value is -3.43. The molecule has 0 bridgehead atoms. The van der Waals surface area contributed by atoms with Crippen LogP contribution in [-0.2, 0) is 11.3 Å². The third kappa shape index (κ3) is 4.29. The zero-order valence-corrected chi connectivity index (χ0v) is 18.6. The van der Waals surface area contributed by atoms with Gasteiger partial charge in [-0.2, -0.15) is 0 Å². The Morgan fingerprint density at radius 1 is 0.939 bits per heavy atom. The summed E-state index contributed by atoms with van der Waals surface area (Å²) in [6, 6.07) is 12.9. The molecule has 0 N–H and O–H groups in total. The Kier molecular flexibility index (Phi) is 5.74. The van der Waals surface area contributed by atoms with Crippen LogP contribution < -0.4 is 0 Å². The summed E-state index contributed by atoms with van der Waals surface area (Å²) in [6.45, 7) is 2.85. The Morgan fingerprint density at radius 3 is 2.21 bits per heavy atom. The van der Waals surface area contributed by atoms with Gasteiger partial charge in [0.1, 0.15) is 17.4 Å². The molecule has 5 rings (SSSR count). The lowest BCUT2D eigenvalue weighted by atomic mass is 10.1. The zero-order chi connectivity index (χ0) is 22.9. The molecule has 7 nitrogen and oxygen atoms in total. The molecule has 0 unspecified atom stereocenters. The summed E-state index contributed by atoms with van der Waals surface area (Å²) in [4.78, 5) is 47.4. The van der Waals surface area contributed by atoms with Crippen LogP contribution in [-0.4, -0.2) is 70.1 Å². The summed E-state index contributed by atoms with van der Waals surface area (Å²) in [5.74, 6) is -1.33. The maximum atomic E-state index is 13.1. The molecule has 3 heterocycles. The number of hydrogen-bond donors (Lipinski definition) is 0. The predicted octanol–water partition coefficient (Wildman–Crippen LogP) is 2.89. The van der Waals surface area contributed by atoms with Crippen molar-refractivity contribution >= 4 is 29.1 Å². The minimum Gasteiger partial charge on any atom is -0.339 e. The molecule has 0 saturated carbocycles. The molecule has 3 aromatic rings. The van der Waals surface area contributed by atoms with E-state index in [0.29, 0.717) is 43.9 Å². The average Bonchev–Trinajstić information content (AvgIpc) is 3.39. The van der Waals surface area contributed by atoms with E-state index in [4.69, 9.17) is 0 Å². The summed E-state index contributed by atoms with van der Waals surface area (Å²) in [7, 11) is 0. The van der Waals surface area contributed by atoms with E-state index in [1.54, 1.807) is 52.6 Å². The van der Waals surface area contributed by atoms with Crippen molar-refractivity contribution in [1.82, 2.24) is 19.7 Å². The average molecular weight is 465 g/mol. The smallest absolute Gasteiger partial charge is 0.262 e. The van der Waals surface area contributed by atoms with Crippen LogP contribution >= 0.6 is 11.3 Å². The quantitative estimate of drug-likeness (QED) is 0.543. The predicted molar refractivity (Wildman–Crippen MR) is 121 cm³/mol. The number of rotatable bonds is 5. The maximum Gasteiger partial charge on any atom is 0.262 e. The van der Waals surface area contributed by atoms with E-state index >= 15 is 0 Å². The van der Waals surface area contributed by atoms with Gasteiger partial charge in [0.2, 0.25) is 5.91 Å². The molecule has 168 valence electrons. The zero-order valence-electron chi connectivity index (χ0n) is 17.7. The molecule has 2 aliphatic heterocycles. The maximum absolute atomic E-state index is 13.1. The number of hydrogen-bond acceptors (Lipinski definition) is 6. The van der Waals surface area contributed by atoms with E-state index in [0.717, 1.165) is 21.2 Å². The highest BCUT2D eigenvalue weighted by atomic mass is 32.1. The van der Waals surface area contributed by atoms with E-state index in [1.807, 2.05) is 5.38 Å². The molecular formula is C24H21FN4O3S. The van der Waals surface area contributed by atoms with Gasteiger partial charge < -0.3 is 4.90 Å². The third-order valence-electron chi connectivity index (χ3n) is 5.95. The van der Waals surface area contributed by atoms with Gasteiger partial charge >= 0.3 is 0 Å². The van der Waals surface area contributed by atoms with Gasteiger partial charge in [-0.1, -0.05) is 12.1 Å². The van der Waals surface area contributed by atoms with Crippen LogP contribution in [0.15, 0.2) is 53.9 Å². The van der Waals surface area contributed by atoms with E-state index in [2.05, 4.69) is 9.88 Å². The molecule has 0 spiro atoms. The van der Waals surface area contributed by atoms with Gasteiger partial charge in [-0.15, -0.1) is 11.3 Å². The molecule has 1 saturated heterocycles. The lowest BCUT2D eigenvalue weighted by Gasteiger charge is -2.34. The van der Waals surface area contributed by atoms with Gasteiger partial charge in [0.05, 0.1) is 23.4 Å². The van der Waals surface area contributed by atoms with Gasteiger partial charge in [-0.3, -0.25) is 24.2 Å². The minimum atomic E-state index is -0.414. The Balaban J connectivity index is 1.14. The van der Waals surface area contributed by atoms with Crippen LogP contribution in [0, 0.1) is 5.82 Å². The van der Waals surface area contributed by atoms with Gasteiger partial charge in [0.15, 0.2) is 0 Å². The van der Waals surface area contributed by atoms with Crippen molar-refractivity contribution < 1.29 is 18.8 Å². The Morgan fingerprint density at radius 2 is 1.58 bits per heavy atom. The highest BCUT2D eigenvalue weighted by molar-refractivity contribution is 7.09. The molecule has 0 aliphatic carbocycles. The fraction of sp³-hybridized carbons (Fsp3) is 0.250.